The third-order valence-electron chi connectivity index (χ3n) is 3.01. The van der Waals surface area contributed by atoms with Crippen molar-refractivity contribution in [2.75, 3.05) is 13.1 Å². The third-order valence-corrected chi connectivity index (χ3v) is 3.01. The fourth-order valence-corrected chi connectivity index (χ4v) is 2.23. The lowest BCUT2D eigenvalue weighted by Gasteiger charge is -2.33. The van der Waals surface area contributed by atoms with E-state index in [1.807, 2.05) is 4.90 Å². The molecule has 0 radical (unpaired) electrons. The summed E-state index contributed by atoms with van der Waals surface area (Å²) in [7, 11) is 0. The lowest BCUT2D eigenvalue weighted by atomic mass is 9.98. The van der Waals surface area contributed by atoms with E-state index in [1.54, 1.807) is 0 Å². The number of nitrogens with two attached hydrogens (primary N) is 1. The molecule has 0 aromatic rings. The van der Waals surface area contributed by atoms with Gasteiger partial charge in [-0.2, -0.15) is 0 Å². The second-order valence-electron chi connectivity index (χ2n) is 5.27. The summed E-state index contributed by atoms with van der Waals surface area (Å²) < 4.78 is 0. The van der Waals surface area contributed by atoms with Crippen LogP contribution in [0.4, 0.5) is 0 Å². The van der Waals surface area contributed by atoms with Crippen LogP contribution in [0.2, 0.25) is 0 Å². The van der Waals surface area contributed by atoms with E-state index in [0.29, 0.717) is 11.8 Å². The van der Waals surface area contributed by atoms with Gasteiger partial charge in [0.05, 0.1) is 6.04 Å². The Bertz CT molecular complexity index is 216. The molecule has 88 valence electrons. The number of hydrogen-bond donors (Lipinski definition) is 1. The number of amides is 1. The first kappa shape index (κ1) is 12.5. The highest BCUT2D eigenvalue weighted by molar-refractivity contribution is 5.81. The number of carbonyl (C=O) groups is 1. The third kappa shape index (κ3) is 3.82. The van der Waals surface area contributed by atoms with Crippen LogP contribution in [0.1, 0.15) is 40.0 Å². The largest absolute Gasteiger partial charge is 0.341 e. The highest BCUT2D eigenvalue weighted by atomic mass is 16.2. The minimum atomic E-state index is -0.296. The van der Waals surface area contributed by atoms with Gasteiger partial charge in [-0.15, -0.1) is 0 Å². The Balaban J connectivity index is 2.44. The average molecular weight is 212 g/mol. The summed E-state index contributed by atoms with van der Waals surface area (Å²) in [6.07, 6.45) is 3.16. The fourth-order valence-electron chi connectivity index (χ4n) is 2.23. The highest BCUT2D eigenvalue weighted by Gasteiger charge is 2.25. The maximum absolute atomic E-state index is 12.0. The van der Waals surface area contributed by atoms with Crippen LogP contribution in [-0.4, -0.2) is 29.9 Å². The highest BCUT2D eigenvalue weighted by Crippen LogP contribution is 2.17. The van der Waals surface area contributed by atoms with E-state index < -0.39 is 0 Å². The molecule has 1 heterocycles. The van der Waals surface area contributed by atoms with E-state index in [0.717, 1.165) is 25.9 Å². The van der Waals surface area contributed by atoms with Crippen LogP contribution >= 0.6 is 0 Å². The van der Waals surface area contributed by atoms with Gasteiger partial charge in [0, 0.05) is 13.1 Å². The smallest absolute Gasteiger partial charge is 0.239 e. The van der Waals surface area contributed by atoms with Crippen molar-refractivity contribution < 1.29 is 4.79 Å². The second-order valence-corrected chi connectivity index (χ2v) is 5.27. The molecule has 15 heavy (non-hydrogen) atoms. The molecule has 1 fully saturated rings. The molecule has 0 spiro atoms. The van der Waals surface area contributed by atoms with Gasteiger partial charge in [0.25, 0.3) is 0 Å². The van der Waals surface area contributed by atoms with E-state index in [-0.39, 0.29) is 11.9 Å². The minimum Gasteiger partial charge on any atom is -0.341 e. The van der Waals surface area contributed by atoms with E-state index >= 15 is 0 Å². The summed E-state index contributed by atoms with van der Waals surface area (Å²) in [5.74, 6) is 1.27. The van der Waals surface area contributed by atoms with Crippen LogP contribution in [0.5, 0.6) is 0 Å². The van der Waals surface area contributed by atoms with Crippen molar-refractivity contribution in [3.05, 3.63) is 0 Å². The standard InChI is InChI=1S/C12H24N2O/c1-9(2)7-11(13)12(15)14-6-4-5-10(3)8-14/h9-11H,4-8,13H2,1-3H3/t10-,11+/m0/s1. The molecule has 1 aliphatic heterocycles. The second kappa shape index (κ2) is 5.50. The molecule has 0 aromatic heterocycles. The fraction of sp³-hybridized carbons (Fsp3) is 0.917. The lowest BCUT2D eigenvalue weighted by molar-refractivity contribution is -0.134. The van der Waals surface area contributed by atoms with Crippen LogP contribution in [0, 0.1) is 11.8 Å². The van der Waals surface area contributed by atoms with Gasteiger partial charge in [-0.05, 0) is 31.1 Å². The van der Waals surface area contributed by atoms with Gasteiger partial charge >= 0.3 is 0 Å². The Morgan fingerprint density at radius 2 is 2.20 bits per heavy atom. The van der Waals surface area contributed by atoms with Crippen LogP contribution in [0.25, 0.3) is 0 Å². The van der Waals surface area contributed by atoms with Gasteiger partial charge in [-0.25, -0.2) is 0 Å². The molecule has 3 heteroatoms. The molecule has 3 nitrogen and oxygen atoms in total. The first-order chi connectivity index (χ1) is 7.00. The van der Waals surface area contributed by atoms with Crippen molar-refractivity contribution in [1.82, 2.24) is 4.90 Å². The summed E-state index contributed by atoms with van der Waals surface area (Å²) in [6.45, 7) is 8.20. The van der Waals surface area contributed by atoms with Crippen molar-refractivity contribution in [3.8, 4) is 0 Å². The normalized spacial score (nSPS) is 24.3. The number of nitrogens with zero attached hydrogens (tertiary/aromatic N) is 1. The Hall–Kier alpha value is -0.570. The van der Waals surface area contributed by atoms with E-state index in [1.165, 1.54) is 6.42 Å². The van der Waals surface area contributed by atoms with Crippen LogP contribution < -0.4 is 5.73 Å². The molecule has 1 amide bonds. The molecular formula is C12H24N2O. The maximum atomic E-state index is 12.0. The minimum absolute atomic E-state index is 0.148. The molecule has 0 aliphatic carbocycles. The Morgan fingerprint density at radius 3 is 2.73 bits per heavy atom. The Kier molecular flexibility index (Phi) is 4.58. The number of hydrogen-bond acceptors (Lipinski definition) is 2. The lowest BCUT2D eigenvalue weighted by Crippen LogP contribution is -2.48. The molecule has 0 saturated carbocycles. The number of likely N-dealkylation sites (tertiary alicyclic amines) is 1. The van der Waals surface area contributed by atoms with E-state index in [4.69, 9.17) is 5.73 Å². The summed E-state index contributed by atoms with van der Waals surface area (Å²) >= 11 is 0. The topological polar surface area (TPSA) is 46.3 Å². The van der Waals surface area contributed by atoms with E-state index in [9.17, 15) is 4.79 Å². The molecule has 0 unspecified atom stereocenters. The maximum Gasteiger partial charge on any atom is 0.239 e. The first-order valence-corrected chi connectivity index (χ1v) is 6.05. The van der Waals surface area contributed by atoms with Crippen LogP contribution in [0.15, 0.2) is 0 Å². The molecule has 0 aromatic carbocycles. The summed E-state index contributed by atoms with van der Waals surface area (Å²) in [5, 5.41) is 0. The van der Waals surface area contributed by atoms with Crippen molar-refractivity contribution >= 4 is 5.91 Å². The van der Waals surface area contributed by atoms with Gasteiger partial charge in [0.2, 0.25) is 5.91 Å². The SMILES string of the molecule is CC(C)C[C@@H](N)C(=O)N1CCC[C@H](C)C1. The van der Waals surface area contributed by atoms with Crippen molar-refractivity contribution in [2.24, 2.45) is 17.6 Å². The van der Waals surface area contributed by atoms with Gasteiger partial charge in [0.1, 0.15) is 0 Å². The van der Waals surface area contributed by atoms with Crippen LogP contribution in [-0.2, 0) is 4.79 Å². The zero-order valence-corrected chi connectivity index (χ0v) is 10.2. The molecule has 1 rings (SSSR count). The molecular weight excluding hydrogens is 188 g/mol. The average Bonchev–Trinajstić information content (AvgIpc) is 2.15. The number of piperidine rings is 1. The summed E-state index contributed by atoms with van der Waals surface area (Å²) in [6, 6.07) is -0.296. The number of rotatable bonds is 3. The first-order valence-electron chi connectivity index (χ1n) is 6.05. The summed E-state index contributed by atoms with van der Waals surface area (Å²) in [4.78, 5) is 13.9. The predicted octanol–water partition coefficient (Wildman–Crippen LogP) is 1.62. The molecule has 1 saturated heterocycles. The summed E-state index contributed by atoms with van der Waals surface area (Å²) in [5.41, 5.74) is 5.90. The Morgan fingerprint density at radius 1 is 1.53 bits per heavy atom. The zero-order valence-electron chi connectivity index (χ0n) is 10.2. The van der Waals surface area contributed by atoms with Crippen molar-refractivity contribution in [2.45, 2.75) is 46.1 Å². The van der Waals surface area contributed by atoms with Gasteiger partial charge in [-0.3, -0.25) is 4.79 Å². The Labute approximate surface area is 93.0 Å². The van der Waals surface area contributed by atoms with Crippen molar-refractivity contribution in [3.63, 3.8) is 0 Å². The molecule has 1 aliphatic rings. The van der Waals surface area contributed by atoms with Gasteiger partial charge in [0.15, 0.2) is 0 Å². The predicted molar refractivity (Wildman–Crippen MR) is 62.4 cm³/mol. The zero-order chi connectivity index (χ0) is 11.4. The molecule has 2 atom stereocenters. The number of carbonyl (C=O) groups excluding carboxylic acids is 1. The van der Waals surface area contributed by atoms with E-state index in [2.05, 4.69) is 20.8 Å². The van der Waals surface area contributed by atoms with Gasteiger partial charge in [-0.1, -0.05) is 20.8 Å². The molecule has 2 N–H and O–H groups in total. The van der Waals surface area contributed by atoms with Crippen molar-refractivity contribution in [1.29, 1.82) is 0 Å². The van der Waals surface area contributed by atoms with Crippen LogP contribution in [0.3, 0.4) is 0 Å². The van der Waals surface area contributed by atoms with Gasteiger partial charge < -0.3 is 10.6 Å². The molecule has 0 bridgehead atoms. The monoisotopic (exact) mass is 212 g/mol. The quantitative estimate of drug-likeness (QED) is 0.772.